The molecule has 1 amide bonds. The van der Waals surface area contributed by atoms with Gasteiger partial charge in [0.2, 0.25) is 5.95 Å². The van der Waals surface area contributed by atoms with Gasteiger partial charge in [-0.1, -0.05) is 54.6 Å². The molecule has 0 unspecified atom stereocenters. The Hall–Kier alpha value is -5.48. The van der Waals surface area contributed by atoms with Crippen molar-refractivity contribution >= 4 is 23.7 Å². The molecule has 0 N–H and O–H groups in total. The molecule has 6 rings (SSSR count). The second-order valence-electron chi connectivity index (χ2n) is 10.6. The van der Waals surface area contributed by atoms with Crippen LogP contribution in [0.25, 0.3) is 0 Å². The number of hydrogen-bond acceptors (Lipinski definition) is 7. The standard InChI is InChI=1S/C33H28FN7O2/c1-22-29(19-36)30(27-14-12-23(18-35)13-15-27)41-32(40(22)28-9-5-8-26(16-28)17-34)37-31(38-41)39(20-24-10-11-24)33(42)43-21-25-6-3-2-4-7-25/h2-9,12-16,24,30H,10-11,17,20-21H2,1H3/t30-/m1/s1. The highest BCUT2D eigenvalue weighted by Gasteiger charge is 2.38. The van der Waals surface area contributed by atoms with E-state index >= 15 is 0 Å². The van der Waals surface area contributed by atoms with Gasteiger partial charge in [0.1, 0.15) is 19.3 Å². The minimum Gasteiger partial charge on any atom is -0.444 e. The van der Waals surface area contributed by atoms with Crippen LogP contribution in [-0.4, -0.2) is 27.4 Å². The maximum absolute atomic E-state index is 13.7. The zero-order valence-electron chi connectivity index (χ0n) is 23.5. The Balaban J connectivity index is 1.46. The summed E-state index contributed by atoms with van der Waals surface area (Å²) in [4.78, 5) is 21.6. The fraction of sp³-hybridized carbons (Fsp3) is 0.242. The van der Waals surface area contributed by atoms with Crippen LogP contribution >= 0.6 is 0 Å². The van der Waals surface area contributed by atoms with Crippen molar-refractivity contribution in [3.05, 3.63) is 112 Å². The summed E-state index contributed by atoms with van der Waals surface area (Å²) in [5.74, 6) is 0.830. The summed E-state index contributed by atoms with van der Waals surface area (Å²) >= 11 is 0. The highest BCUT2D eigenvalue weighted by Crippen LogP contribution is 2.43. The summed E-state index contributed by atoms with van der Waals surface area (Å²) in [6, 6.07) is 27.1. The first kappa shape index (κ1) is 27.7. The summed E-state index contributed by atoms with van der Waals surface area (Å²) in [6.45, 7) is 1.66. The van der Waals surface area contributed by atoms with Gasteiger partial charge in [-0.3, -0.25) is 4.90 Å². The van der Waals surface area contributed by atoms with Crippen molar-refractivity contribution in [2.75, 3.05) is 16.3 Å². The molecule has 4 aromatic rings. The number of fused-ring (bicyclic) bond motifs is 1. The first-order valence-electron chi connectivity index (χ1n) is 14.0. The summed E-state index contributed by atoms with van der Waals surface area (Å²) < 4.78 is 21.0. The molecule has 0 bridgehead atoms. The van der Waals surface area contributed by atoms with E-state index in [1.807, 2.05) is 43.3 Å². The molecular weight excluding hydrogens is 545 g/mol. The highest BCUT2D eigenvalue weighted by atomic mass is 19.1. The monoisotopic (exact) mass is 573 g/mol. The second kappa shape index (κ2) is 11.8. The van der Waals surface area contributed by atoms with Crippen LogP contribution in [0.1, 0.15) is 48.1 Å². The van der Waals surface area contributed by atoms with Crippen LogP contribution in [0, 0.1) is 28.6 Å². The quantitative estimate of drug-likeness (QED) is 0.230. The fourth-order valence-corrected chi connectivity index (χ4v) is 5.21. The molecule has 9 nitrogen and oxygen atoms in total. The van der Waals surface area contributed by atoms with Crippen LogP contribution < -0.4 is 9.80 Å². The van der Waals surface area contributed by atoms with Gasteiger partial charge in [0.25, 0.3) is 5.95 Å². The molecule has 10 heteroatoms. The summed E-state index contributed by atoms with van der Waals surface area (Å²) in [5, 5.41) is 24.6. The average molecular weight is 574 g/mol. The zero-order chi connectivity index (χ0) is 29.9. The molecular formula is C33H28FN7O2. The number of ether oxygens (including phenoxy) is 1. The Kier molecular flexibility index (Phi) is 7.59. The van der Waals surface area contributed by atoms with E-state index in [1.54, 1.807) is 52.0 Å². The number of rotatable bonds is 8. The molecule has 0 radical (unpaired) electrons. The van der Waals surface area contributed by atoms with Crippen LogP contribution in [0.3, 0.4) is 0 Å². The third-order valence-corrected chi connectivity index (χ3v) is 7.65. The lowest BCUT2D eigenvalue weighted by Crippen LogP contribution is -2.34. The van der Waals surface area contributed by atoms with Crippen molar-refractivity contribution < 1.29 is 13.9 Å². The van der Waals surface area contributed by atoms with E-state index in [2.05, 4.69) is 12.1 Å². The molecule has 2 heterocycles. The Morgan fingerprint density at radius 2 is 1.77 bits per heavy atom. The fourth-order valence-electron chi connectivity index (χ4n) is 5.21. The number of allylic oxidation sites excluding steroid dienone is 2. The van der Waals surface area contributed by atoms with Crippen molar-refractivity contribution in [3.63, 3.8) is 0 Å². The second-order valence-corrected chi connectivity index (χ2v) is 10.6. The molecule has 1 saturated carbocycles. The van der Waals surface area contributed by atoms with Crippen LogP contribution in [0.4, 0.5) is 26.8 Å². The maximum Gasteiger partial charge on any atom is 0.417 e. The van der Waals surface area contributed by atoms with Gasteiger partial charge in [0.15, 0.2) is 0 Å². The number of amides is 1. The van der Waals surface area contributed by atoms with E-state index in [-0.39, 0.29) is 12.6 Å². The number of carbonyl (C=O) groups is 1. The van der Waals surface area contributed by atoms with E-state index < -0.39 is 18.8 Å². The van der Waals surface area contributed by atoms with Gasteiger partial charge in [-0.25, -0.2) is 18.8 Å². The van der Waals surface area contributed by atoms with Gasteiger partial charge >= 0.3 is 6.09 Å². The Morgan fingerprint density at radius 1 is 1.02 bits per heavy atom. The summed E-state index contributed by atoms with van der Waals surface area (Å²) in [7, 11) is 0. The topological polar surface area (TPSA) is 111 Å². The van der Waals surface area contributed by atoms with Crippen molar-refractivity contribution in [1.82, 2.24) is 14.8 Å². The molecule has 0 saturated heterocycles. The van der Waals surface area contributed by atoms with E-state index in [1.165, 1.54) is 4.90 Å². The van der Waals surface area contributed by atoms with Crippen molar-refractivity contribution in [2.24, 2.45) is 5.92 Å². The molecule has 1 aliphatic carbocycles. The Labute approximate surface area is 248 Å². The number of benzene rings is 3. The van der Waals surface area contributed by atoms with Gasteiger partial charge in [-0.05, 0) is 66.6 Å². The number of anilines is 3. The average Bonchev–Trinajstić information content (AvgIpc) is 3.78. The molecule has 1 aliphatic heterocycles. The minimum atomic E-state index is -0.669. The molecule has 214 valence electrons. The van der Waals surface area contributed by atoms with Gasteiger partial charge in [0.05, 0.1) is 23.3 Å². The normalized spacial score (nSPS) is 15.8. The predicted octanol–water partition coefficient (Wildman–Crippen LogP) is 6.71. The third kappa shape index (κ3) is 5.55. The highest BCUT2D eigenvalue weighted by molar-refractivity contribution is 5.86. The van der Waals surface area contributed by atoms with E-state index in [0.717, 1.165) is 24.0 Å². The summed E-state index contributed by atoms with van der Waals surface area (Å²) in [5.41, 5.74) is 4.16. The van der Waals surface area contributed by atoms with Crippen LogP contribution in [0.15, 0.2) is 90.1 Å². The lowest BCUT2D eigenvalue weighted by atomic mass is 9.95. The Morgan fingerprint density at radius 3 is 2.44 bits per heavy atom. The number of carbonyl (C=O) groups excluding carboxylic acids is 1. The lowest BCUT2D eigenvalue weighted by molar-refractivity contribution is 0.146. The molecule has 2 aliphatic rings. The number of halogens is 1. The smallest absolute Gasteiger partial charge is 0.417 e. The van der Waals surface area contributed by atoms with Gasteiger partial charge in [-0.15, -0.1) is 5.10 Å². The molecule has 1 fully saturated rings. The zero-order valence-corrected chi connectivity index (χ0v) is 23.5. The largest absolute Gasteiger partial charge is 0.444 e. The number of nitrogens with zero attached hydrogens (tertiary/aromatic N) is 7. The molecule has 43 heavy (non-hydrogen) atoms. The molecule has 1 atom stereocenters. The summed E-state index contributed by atoms with van der Waals surface area (Å²) in [6.07, 6.45) is 1.42. The van der Waals surface area contributed by atoms with E-state index in [4.69, 9.17) is 14.8 Å². The predicted molar refractivity (Wildman–Crippen MR) is 158 cm³/mol. The van der Waals surface area contributed by atoms with Crippen molar-refractivity contribution in [1.29, 1.82) is 10.5 Å². The SMILES string of the molecule is CC1=C(C#N)[C@@H](c2ccc(C#N)cc2)n2nc(N(CC3CC3)C(=O)OCc3ccccc3)nc2N1c1cccc(CF)c1. The van der Waals surface area contributed by atoms with Crippen LogP contribution in [0.2, 0.25) is 0 Å². The number of alkyl halides is 1. The molecule has 0 spiro atoms. The molecule has 3 aromatic carbocycles. The number of hydrogen-bond donors (Lipinski definition) is 0. The molecule has 1 aromatic heterocycles. The van der Waals surface area contributed by atoms with Crippen molar-refractivity contribution in [2.45, 2.75) is 39.1 Å². The number of aromatic nitrogens is 3. The lowest BCUT2D eigenvalue weighted by Gasteiger charge is -2.34. The first-order chi connectivity index (χ1) is 21.0. The maximum atomic E-state index is 13.7. The van der Waals surface area contributed by atoms with Crippen molar-refractivity contribution in [3.8, 4) is 12.1 Å². The first-order valence-corrected chi connectivity index (χ1v) is 14.0. The Bertz CT molecular complexity index is 1770. The number of nitriles is 2. The van der Waals surface area contributed by atoms with Crippen LogP contribution in [-0.2, 0) is 18.0 Å². The van der Waals surface area contributed by atoms with E-state index in [0.29, 0.717) is 46.5 Å². The van der Waals surface area contributed by atoms with E-state index in [9.17, 15) is 19.7 Å². The third-order valence-electron chi connectivity index (χ3n) is 7.65. The van der Waals surface area contributed by atoms with Gasteiger partial charge in [0, 0.05) is 17.9 Å². The van der Waals surface area contributed by atoms with Gasteiger partial charge < -0.3 is 4.74 Å². The van der Waals surface area contributed by atoms with Crippen LogP contribution in [0.5, 0.6) is 0 Å². The minimum absolute atomic E-state index is 0.101. The van der Waals surface area contributed by atoms with Gasteiger partial charge in [-0.2, -0.15) is 15.5 Å².